The van der Waals surface area contributed by atoms with Gasteiger partial charge in [0.1, 0.15) is 0 Å². The molecule has 0 radical (unpaired) electrons. The van der Waals surface area contributed by atoms with Gasteiger partial charge in [-0.1, -0.05) is 5.21 Å². The molecule has 1 amide bonds. The number of nitrogens with zero attached hydrogens (tertiary/aromatic N) is 3. The Balaban J connectivity index is 2.26. The number of primary amides is 1. The maximum Gasteiger partial charge on any atom is 0.223 e. The van der Waals surface area contributed by atoms with E-state index in [0.717, 1.165) is 18.7 Å². The Kier molecular flexibility index (Phi) is 2.68. The van der Waals surface area contributed by atoms with Gasteiger partial charge >= 0.3 is 0 Å². The molecule has 0 bridgehead atoms. The number of ether oxygens (including phenoxy) is 1. The van der Waals surface area contributed by atoms with Crippen molar-refractivity contribution in [2.24, 2.45) is 12.8 Å². The van der Waals surface area contributed by atoms with Gasteiger partial charge in [-0.05, 0) is 6.42 Å². The number of rotatable bonds is 3. The maximum atomic E-state index is 10.9. The van der Waals surface area contributed by atoms with E-state index in [1.54, 1.807) is 4.68 Å². The van der Waals surface area contributed by atoms with Crippen LogP contribution in [-0.2, 0) is 23.0 Å². The van der Waals surface area contributed by atoms with Crippen LogP contribution < -0.4 is 5.73 Å². The largest absolute Gasteiger partial charge is 0.381 e. The molecule has 15 heavy (non-hydrogen) atoms. The third-order valence-corrected chi connectivity index (χ3v) is 2.60. The van der Waals surface area contributed by atoms with Crippen LogP contribution in [0.3, 0.4) is 0 Å². The van der Waals surface area contributed by atoms with Crippen LogP contribution in [0.2, 0.25) is 0 Å². The van der Waals surface area contributed by atoms with Gasteiger partial charge in [-0.3, -0.25) is 9.48 Å². The number of carbonyl (C=O) groups excluding carboxylic acids is 1. The van der Waals surface area contributed by atoms with E-state index in [1.165, 1.54) is 0 Å². The van der Waals surface area contributed by atoms with Gasteiger partial charge in [-0.2, -0.15) is 0 Å². The normalized spacial score (nSPS) is 20.7. The second kappa shape index (κ2) is 3.98. The van der Waals surface area contributed by atoms with Crippen molar-refractivity contribution in [1.29, 1.82) is 0 Å². The molecule has 1 aliphatic heterocycles. The number of aryl methyl sites for hydroxylation is 1. The van der Waals surface area contributed by atoms with Crippen molar-refractivity contribution < 1.29 is 9.53 Å². The summed E-state index contributed by atoms with van der Waals surface area (Å²) in [5, 5.41) is 7.87. The number of carbonyl (C=O) groups is 1. The molecule has 1 aromatic rings. The molecule has 1 aromatic heterocycles. The van der Waals surface area contributed by atoms with Gasteiger partial charge in [0.2, 0.25) is 5.91 Å². The van der Waals surface area contributed by atoms with Crippen LogP contribution in [0.4, 0.5) is 0 Å². The van der Waals surface area contributed by atoms with E-state index in [1.807, 2.05) is 7.05 Å². The van der Waals surface area contributed by atoms with Gasteiger partial charge in [0.25, 0.3) is 0 Å². The highest BCUT2D eigenvalue weighted by Crippen LogP contribution is 2.26. The van der Waals surface area contributed by atoms with Gasteiger partial charge in [0.05, 0.1) is 24.4 Å². The maximum absolute atomic E-state index is 10.9. The smallest absolute Gasteiger partial charge is 0.223 e. The molecule has 1 aliphatic rings. The van der Waals surface area contributed by atoms with Crippen molar-refractivity contribution in [3.63, 3.8) is 0 Å². The summed E-state index contributed by atoms with van der Waals surface area (Å²) in [6.07, 6.45) is 1.10. The molecular formula is C9H14N4O2. The first-order chi connectivity index (χ1) is 7.18. The minimum absolute atomic E-state index is 0.152. The van der Waals surface area contributed by atoms with E-state index < -0.39 is 0 Å². The fourth-order valence-electron chi connectivity index (χ4n) is 1.95. The minimum Gasteiger partial charge on any atom is -0.381 e. The number of hydrogen-bond acceptors (Lipinski definition) is 4. The number of aromatic nitrogens is 3. The Morgan fingerprint density at radius 3 is 3.13 bits per heavy atom. The molecule has 1 atom stereocenters. The SMILES string of the molecule is Cn1nnc(CC(N)=O)c1C1CCOC1. The standard InChI is InChI=1S/C9H14N4O2/c1-13-9(6-2-3-15-5-6)7(11-12-13)4-8(10)14/h6H,2-5H2,1H3,(H2,10,14). The summed E-state index contributed by atoms with van der Waals surface area (Å²) in [4.78, 5) is 10.9. The second-order valence-electron chi connectivity index (χ2n) is 3.75. The van der Waals surface area contributed by atoms with Crippen molar-refractivity contribution in [3.8, 4) is 0 Å². The number of nitrogens with two attached hydrogens (primary N) is 1. The Morgan fingerprint density at radius 1 is 1.73 bits per heavy atom. The summed E-state index contributed by atoms with van der Waals surface area (Å²) in [7, 11) is 1.82. The highest BCUT2D eigenvalue weighted by Gasteiger charge is 2.25. The lowest BCUT2D eigenvalue weighted by Gasteiger charge is -2.08. The van der Waals surface area contributed by atoms with Crippen LogP contribution in [-0.4, -0.2) is 34.1 Å². The molecule has 0 spiro atoms. The lowest BCUT2D eigenvalue weighted by molar-refractivity contribution is -0.117. The topological polar surface area (TPSA) is 83.0 Å². The van der Waals surface area contributed by atoms with Crippen LogP contribution in [0.25, 0.3) is 0 Å². The zero-order valence-corrected chi connectivity index (χ0v) is 8.64. The van der Waals surface area contributed by atoms with Crippen LogP contribution in [0.15, 0.2) is 0 Å². The molecule has 1 unspecified atom stereocenters. The van der Waals surface area contributed by atoms with Gasteiger partial charge in [-0.25, -0.2) is 0 Å². The third kappa shape index (κ3) is 1.99. The number of hydrogen-bond donors (Lipinski definition) is 1. The summed E-state index contributed by atoms with van der Waals surface area (Å²) in [5.41, 5.74) is 6.81. The molecular weight excluding hydrogens is 196 g/mol. The monoisotopic (exact) mass is 210 g/mol. The van der Waals surface area contributed by atoms with Crippen molar-refractivity contribution in [2.45, 2.75) is 18.8 Å². The van der Waals surface area contributed by atoms with Crippen molar-refractivity contribution >= 4 is 5.91 Å². The van der Waals surface area contributed by atoms with E-state index in [-0.39, 0.29) is 12.3 Å². The highest BCUT2D eigenvalue weighted by molar-refractivity contribution is 5.76. The summed E-state index contributed by atoms with van der Waals surface area (Å²) in [6, 6.07) is 0. The molecule has 82 valence electrons. The molecule has 2 rings (SSSR count). The van der Waals surface area contributed by atoms with Gasteiger partial charge in [0.15, 0.2) is 0 Å². The average molecular weight is 210 g/mol. The zero-order chi connectivity index (χ0) is 10.8. The molecule has 2 heterocycles. The first-order valence-electron chi connectivity index (χ1n) is 4.93. The van der Waals surface area contributed by atoms with E-state index in [9.17, 15) is 4.79 Å². The molecule has 1 saturated heterocycles. The van der Waals surface area contributed by atoms with Crippen LogP contribution in [0, 0.1) is 0 Å². The Morgan fingerprint density at radius 2 is 2.53 bits per heavy atom. The average Bonchev–Trinajstić information content (AvgIpc) is 2.74. The molecule has 2 N–H and O–H groups in total. The Bertz CT molecular complexity index is 368. The second-order valence-corrected chi connectivity index (χ2v) is 3.75. The summed E-state index contributed by atoms with van der Waals surface area (Å²) in [6.45, 7) is 1.43. The summed E-state index contributed by atoms with van der Waals surface area (Å²) >= 11 is 0. The lowest BCUT2D eigenvalue weighted by Crippen LogP contribution is -2.16. The summed E-state index contributed by atoms with van der Waals surface area (Å²) in [5.74, 6) is -0.0879. The fraction of sp³-hybridized carbons (Fsp3) is 0.667. The lowest BCUT2D eigenvalue weighted by atomic mass is 10.0. The Labute approximate surface area is 87.4 Å². The van der Waals surface area contributed by atoms with Gasteiger partial charge < -0.3 is 10.5 Å². The minimum atomic E-state index is -0.379. The van der Waals surface area contributed by atoms with Crippen LogP contribution in [0.1, 0.15) is 23.7 Å². The van der Waals surface area contributed by atoms with Crippen molar-refractivity contribution in [2.75, 3.05) is 13.2 Å². The fourth-order valence-corrected chi connectivity index (χ4v) is 1.95. The third-order valence-electron chi connectivity index (χ3n) is 2.60. The number of amides is 1. The first kappa shape index (κ1) is 10.1. The van der Waals surface area contributed by atoms with E-state index >= 15 is 0 Å². The summed E-state index contributed by atoms with van der Waals surface area (Å²) < 4.78 is 7.02. The van der Waals surface area contributed by atoms with Crippen LogP contribution >= 0.6 is 0 Å². The Hall–Kier alpha value is -1.43. The molecule has 6 nitrogen and oxygen atoms in total. The molecule has 0 saturated carbocycles. The van der Waals surface area contributed by atoms with E-state index in [0.29, 0.717) is 18.2 Å². The molecule has 0 aliphatic carbocycles. The van der Waals surface area contributed by atoms with Gasteiger partial charge in [-0.15, -0.1) is 5.10 Å². The van der Waals surface area contributed by atoms with E-state index in [4.69, 9.17) is 10.5 Å². The van der Waals surface area contributed by atoms with Gasteiger partial charge in [0, 0.05) is 19.6 Å². The quantitative estimate of drug-likeness (QED) is 0.718. The molecule has 1 fully saturated rings. The molecule has 6 heteroatoms. The zero-order valence-electron chi connectivity index (χ0n) is 8.64. The molecule has 0 aromatic carbocycles. The predicted molar refractivity (Wildman–Crippen MR) is 52.1 cm³/mol. The van der Waals surface area contributed by atoms with Crippen molar-refractivity contribution in [1.82, 2.24) is 15.0 Å². The van der Waals surface area contributed by atoms with E-state index in [2.05, 4.69) is 10.3 Å². The first-order valence-corrected chi connectivity index (χ1v) is 4.93. The van der Waals surface area contributed by atoms with Crippen molar-refractivity contribution in [3.05, 3.63) is 11.4 Å². The highest BCUT2D eigenvalue weighted by atomic mass is 16.5. The van der Waals surface area contributed by atoms with Crippen LogP contribution in [0.5, 0.6) is 0 Å². The predicted octanol–water partition coefficient (Wildman–Crippen LogP) is -0.653.